The van der Waals surface area contributed by atoms with Crippen LogP contribution in [0.15, 0.2) is 42.5 Å². The van der Waals surface area contributed by atoms with E-state index in [0.717, 1.165) is 61.3 Å². The summed E-state index contributed by atoms with van der Waals surface area (Å²) in [5.74, 6) is 0.842. The molecule has 0 aromatic heterocycles. The van der Waals surface area contributed by atoms with Crippen molar-refractivity contribution in [2.24, 2.45) is 5.92 Å². The molecule has 4 amide bonds. The lowest BCUT2D eigenvalue weighted by molar-refractivity contribution is -0.133. The van der Waals surface area contributed by atoms with Crippen molar-refractivity contribution >= 4 is 40.8 Å². The molecule has 5 rings (SSSR count). The fourth-order valence-electron chi connectivity index (χ4n) is 6.97. The number of hydrogen-bond acceptors (Lipinski definition) is 5. The summed E-state index contributed by atoms with van der Waals surface area (Å²) in [5.41, 5.74) is 2.55. The largest absolute Gasteiger partial charge is 0.497 e. The van der Waals surface area contributed by atoms with Gasteiger partial charge in [-0.25, -0.2) is 4.79 Å². The Morgan fingerprint density at radius 2 is 1.67 bits per heavy atom. The van der Waals surface area contributed by atoms with Crippen molar-refractivity contribution in [3.8, 4) is 5.75 Å². The molecule has 2 bridgehead atoms. The minimum atomic E-state index is -0.178. The van der Waals surface area contributed by atoms with E-state index in [2.05, 4.69) is 15.5 Å². The van der Waals surface area contributed by atoms with Crippen LogP contribution < -0.4 is 20.3 Å². The number of aryl methyl sites for hydroxylation is 1. The number of halogens is 1. The molecule has 3 saturated heterocycles. The van der Waals surface area contributed by atoms with Crippen LogP contribution in [0.3, 0.4) is 0 Å². The second-order valence-electron chi connectivity index (χ2n) is 12.2. The van der Waals surface area contributed by atoms with E-state index in [0.29, 0.717) is 49.6 Å². The molecule has 0 saturated carbocycles. The smallest absolute Gasteiger partial charge is 0.319 e. The van der Waals surface area contributed by atoms with Gasteiger partial charge in [-0.3, -0.25) is 14.5 Å². The Morgan fingerprint density at radius 1 is 1.00 bits per heavy atom. The van der Waals surface area contributed by atoms with E-state index in [1.807, 2.05) is 59.2 Å². The van der Waals surface area contributed by atoms with E-state index in [1.54, 1.807) is 14.0 Å². The summed E-state index contributed by atoms with van der Waals surface area (Å²) in [6, 6.07) is 14.0. The number of ether oxygens (including phenoxy) is 1. The van der Waals surface area contributed by atoms with Gasteiger partial charge in [0.15, 0.2) is 0 Å². The second-order valence-corrected chi connectivity index (χ2v) is 12.6. The van der Waals surface area contributed by atoms with E-state index in [1.165, 1.54) is 0 Å². The monoisotopic (exact) mass is 609 g/mol. The molecule has 3 aliphatic heterocycles. The minimum Gasteiger partial charge on any atom is -0.497 e. The molecule has 0 radical (unpaired) electrons. The average molecular weight is 610 g/mol. The number of rotatable bonds is 9. The number of urea groups is 1. The highest BCUT2D eigenvalue weighted by molar-refractivity contribution is 6.31. The molecular weight excluding hydrogens is 566 g/mol. The first kappa shape index (κ1) is 31.1. The molecule has 2 aromatic rings. The maximum Gasteiger partial charge on any atom is 0.319 e. The van der Waals surface area contributed by atoms with E-state index in [9.17, 15) is 14.4 Å². The first-order chi connectivity index (χ1) is 20.7. The van der Waals surface area contributed by atoms with Crippen molar-refractivity contribution in [1.82, 2.24) is 15.1 Å². The van der Waals surface area contributed by atoms with E-state index in [4.69, 9.17) is 16.3 Å². The number of likely N-dealkylation sites (tertiary alicyclic amines) is 1. The quantitative estimate of drug-likeness (QED) is 0.394. The van der Waals surface area contributed by atoms with Crippen LogP contribution in [0, 0.1) is 12.8 Å². The standard InChI is InChI=1S/C33H44ClN5O4/c1-22-5-8-29(21-31(22)34)39(32(41)24-13-17-37(18-14-24)23(2)40)16-4-15-38-27-9-10-28(38)20-26(19-27)36-33(42)35-25-6-11-30(43-3)12-7-25/h5-8,11-12,21,24,26-28H,4,9-10,13-20H2,1-3H3,(H2,35,36,42). The predicted molar refractivity (Wildman–Crippen MR) is 170 cm³/mol. The number of benzene rings is 2. The number of carbonyl (C=O) groups is 3. The summed E-state index contributed by atoms with van der Waals surface area (Å²) in [5, 5.41) is 6.78. The van der Waals surface area contributed by atoms with Crippen LogP contribution >= 0.6 is 11.6 Å². The molecule has 3 heterocycles. The van der Waals surface area contributed by atoms with E-state index in [-0.39, 0.29) is 29.8 Å². The van der Waals surface area contributed by atoms with Gasteiger partial charge in [-0.15, -0.1) is 0 Å². The lowest BCUT2D eigenvalue weighted by Gasteiger charge is -2.39. The topological polar surface area (TPSA) is 94.2 Å². The minimum absolute atomic E-state index is 0.0690. The van der Waals surface area contributed by atoms with Gasteiger partial charge in [-0.05, 0) is 93.8 Å². The maximum atomic E-state index is 13.8. The van der Waals surface area contributed by atoms with Crippen LogP contribution in [-0.2, 0) is 9.59 Å². The van der Waals surface area contributed by atoms with Crippen molar-refractivity contribution in [2.45, 2.75) is 76.9 Å². The van der Waals surface area contributed by atoms with Crippen LogP contribution in [0.4, 0.5) is 16.2 Å². The van der Waals surface area contributed by atoms with Gasteiger partial charge in [-0.2, -0.15) is 0 Å². The van der Waals surface area contributed by atoms with Crippen LogP contribution in [0.2, 0.25) is 5.02 Å². The molecule has 43 heavy (non-hydrogen) atoms. The van der Waals surface area contributed by atoms with Crippen LogP contribution in [0.25, 0.3) is 0 Å². The third-order valence-corrected chi connectivity index (χ3v) is 9.80. The first-order valence-electron chi connectivity index (χ1n) is 15.5. The summed E-state index contributed by atoms with van der Waals surface area (Å²) in [6.45, 7) is 6.33. The molecule has 2 atom stereocenters. The molecule has 10 heteroatoms. The number of hydrogen-bond donors (Lipinski definition) is 2. The number of amides is 4. The molecule has 2 aromatic carbocycles. The molecule has 2 unspecified atom stereocenters. The molecule has 0 aliphatic carbocycles. The third kappa shape index (κ3) is 7.62. The highest BCUT2D eigenvalue weighted by Gasteiger charge is 2.41. The van der Waals surface area contributed by atoms with Crippen LogP contribution in [-0.4, -0.2) is 79.1 Å². The number of carbonyl (C=O) groups excluding carboxylic acids is 3. The summed E-state index contributed by atoms with van der Waals surface area (Å²) in [6.07, 6.45) is 6.35. The predicted octanol–water partition coefficient (Wildman–Crippen LogP) is 5.46. The van der Waals surface area contributed by atoms with Crippen molar-refractivity contribution in [3.63, 3.8) is 0 Å². The second kappa shape index (κ2) is 14.0. The highest BCUT2D eigenvalue weighted by atomic mass is 35.5. The number of methoxy groups -OCH3 is 1. The number of nitrogens with one attached hydrogen (secondary N) is 2. The number of nitrogens with zero attached hydrogens (tertiary/aromatic N) is 3. The molecule has 0 spiro atoms. The molecule has 2 N–H and O–H groups in total. The molecule has 3 fully saturated rings. The Kier molecular flexibility index (Phi) is 10.1. The summed E-state index contributed by atoms with van der Waals surface area (Å²) >= 11 is 6.48. The van der Waals surface area contributed by atoms with Crippen molar-refractivity contribution in [1.29, 1.82) is 0 Å². The normalized spacial score (nSPS) is 22.2. The van der Waals surface area contributed by atoms with Gasteiger partial charge in [0.2, 0.25) is 11.8 Å². The number of fused-ring (bicyclic) bond motifs is 2. The zero-order chi connectivity index (χ0) is 30.5. The van der Waals surface area contributed by atoms with Crippen molar-refractivity contribution in [2.75, 3.05) is 43.5 Å². The van der Waals surface area contributed by atoms with Crippen LogP contribution in [0.5, 0.6) is 5.75 Å². The number of piperidine rings is 2. The van der Waals surface area contributed by atoms with Crippen molar-refractivity contribution in [3.05, 3.63) is 53.1 Å². The van der Waals surface area contributed by atoms with Gasteiger partial charge >= 0.3 is 6.03 Å². The summed E-state index contributed by atoms with van der Waals surface area (Å²) in [7, 11) is 1.62. The SMILES string of the molecule is COc1ccc(NC(=O)NC2CC3CCC(C2)N3CCCN(C(=O)C2CCN(C(C)=O)CC2)c2ccc(C)c(Cl)c2)cc1. The first-order valence-corrected chi connectivity index (χ1v) is 15.9. The van der Waals surface area contributed by atoms with Gasteiger partial charge in [0.25, 0.3) is 0 Å². The van der Waals surface area contributed by atoms with Crippen molar-refractivity contribution < 1.29 is 19.1 Å². The zero-order valence-corrected chi connectivity index (χ0v) is 26.2. The van der Waals surface area contributed by atoms with Gasteiger partial charge in [0, 0.05) is 73.5 Å². The fourth-order valence-corrected chi connectivity index (χ4v) is 7.15. The fraction of sp³-hybridized carbons (Fsp3) is 0.545. The Labute approximate surface area is 259 Å². The highest BCUT2D eigenvalue weighted by Crippen LogP contribution is 2.36. The van der Waals surface area contributed by atoms with Gasteiger partial charge in [0.1, 0.15) is 5.75 Å². The third-order valence-electron chi connectivity index (χ3n) is 9.39. The Bertz CT molecular complexity index is 1280. The van der Waals surface area contributed by atoms with Crippen LogP contribution in [0.1, 0.15) is 57.4 Å². The molecule has 3 aliphatic rings. The zero-order valence-electron chi connectivity index (χ0n) is 25.5. The summed E-state index contributed by atoms with van der Waals surface area (Å²) < 4.78 is 5.19. The average Bonchev–Trinajstić information content (AvgIpc) is 3.24. The molecule has 232 valence electrons. The maximum absolute atomic E-state index is 13.8. The lowest BCUT2D eigenvalue weighted by atomic mass is 9.94. The van der Waals surface area contributed by atoms with Gasteiger partial charge in [-0.1, -0.05) is 17.7 Å². The lowest BCUT2D eigenvalue weighted by Crippen LogP contribution is -2.51. The van der Waals surface area contributed by atoms with Gasteiger partial charge < -0.3 is 25.2 Å². The van der Waals surface area contributed by atoms with E-state index < -0.39 is 0 Å². The summed E-state index contributed by atoms with van der Waals surface area (Å²) in [4.78, 5) is 44.6. The Morgan fingerprint density at radius 3 is 2.28 bits per heavy atom. The van der Waals surface area contributed by atoms with Gasteiger partial charge in [0.05, 0.1) is 7.11 Å². The molecular formula is C33H44ClN5O4. The number of anilines is 2. The molecule has 9 nitrogen and oxygen atoms in total. The Balaban J connectivity index is 1.15. The Hall–Kier alpha value is -3.30. The van der Waals surface area contributed by atoms with E-state index >= 15 is 0 Å².